The third-order valence-electron chi connectivity index (χ3n) is 10.6. The maximum Gasteiger partial charge on any atom is 0.331 e. The highest BCUT2D eigenvalue weighted by atomic mass is 16.6. The maximum absolute atomic E-state index is 12.5. The number of carbonyl (C=O) groups is 3. The van der Waals surface area contributed by atoms with Crippen LogP contribution >= 0.6 is 0 Å². The highest BCUT2D eigenvalue weighted by molar-refractivity contribution is 5.85. The van der Waals surface area contributed by atoms with Crippen LogP contribution in [0.15, 0.2) is 11.6 Å². The van der Waals surface area contributed by atoms with Crippen LogP contribution in [0.2, 0.25) is 0 Å². The quantitative estimate of drug-likeness (QED) is 0.492. The van der Waals surface area contributed by atoms with Gasteiger partial charge in [-0.05, 0) is 86.0 Å². The summed E-state index contributed by atoms with van der Waals surface area (Å²) in [5, 5.41) is 12.5. The van der Waals surface area contributed by atoms with E-state index < -0.39 is 17.1 Å². The van der Waals surface area contributed by atoms with Gasteiger partial charge in [0.2, 0.25) is 0 Å². The number of hydrogen-bond acceptors (Lipinski definition) is 7. The SMILES string of the molecule is CC(=O)O[C@@H]1CC[C@]2(C)[C@@H](CC[C@H]3[C@H]2C[C@H](OC(C)=O)[C@@]2(C)[C@H](C4=CC(=O)OC4)CC[C@@]32O)C1. The highest BCUT2D eigenvalue weighted by Gasteiger charge is 2.72. The number of fused-ring (bicyclic) bond motifs is 5. The van der Waals surface area contributed by atoms with Gasteiger partial charge in [-0.3, -0.25) is 9.59 Å². The van der Waals surface area contributed by atoms with E-state index in [0.717, 1.165) is 44.1 Å². The third kappa shape index (κ3) is 3.36. The van der Waals surface area contributed by atoms with E-state index >= 15 is 0 Å². The van der Waals surface area contributed by atoms with Crippen LogP contribution in [-0.2, 0) is 28.6 Å². The lowest BCUT2D eigenvalue weighted by molar-refractivity contribution is -0.251. The molecule has 1 heterocycles. The minimum Gasteiger partial charge on any atom is -0.463 e. The Balaban J connectivity index is 1.50. The van der Waals surface area contributed by atoms with Gasteiger partial charge in [0, 0.05) is 25.3 Å². The highest BCUT2D eigenvalue weighted by Crippen LogP contribution is 2.70. The minimum absolute atomic E-state index is 0.00118. The number of cyclic esters (lactones) is 1. The number of carbonyl (C=O) groups excluding carboxylic acids is 3. The molecule has 4 saturated carbocycles. The zero-order valence-corrected chi connectivity index (χ0v) is 20.8. The van der Waals surface area contributed by atoms with Crippen molar-refractivity contribution < 1.29 is 33.7 Å². The van der Waals surface area contributed by atoms with E-state index in [0.29, 0.717) is 18.8 Å². The topological polar surface area (TPSA) is 99.1 Å². The molecule has 4 fully saturated rings. The molecule has 0 aromatic heterocycles. The van der Waals surface area contributed by atoms with Crippen LogP contribution in [0, 0.1) is 34.5 Å². The fourth-order valence-corrected chi connectivity index (χ4v) is 9.04. The normalized spacial score (nSPS) is 47.6. The Labute approximate surface area is 201 Å². The van der Waals surface area contributed by atoms with E-state index in [9.17, 15) is 19.5 Å². The second-order valence-corrected chi connectivity index (χ2v) is 12.0. The molecule has 1 aliphatic heterocycles. The van der Waals surface area contributed by atoms with Crippen molar-refractivity contribution >= 4 is 17.9 Å². The summed E-state index contributed by atoms with van der Waals surface area (Å²) < 4.78 is 16.8. The Morgan fingerprint density at radius 3 is 2.38 bits per heavy atom. The zero-order chi connectivity index (χ0) is 24.5. The molecule has 4 aliphatic carbocycles. The number of aliphatic hydroxyl groups is 1. The third-order valence-corrected chi connectivity index (χ3v) is 10.6. The van der Waals surface area contributed by atoms with E-state index in [1.54, 1.807) is 6.08 Å². The van der Waals surface area contributed by atoms with Gasteiger partial charge in [0.25, 0.3) is 0 Å². The molecule has 0 saturated heterocycles. The first-order valence-electron chi connectivity index (χ1n) is 12.9. The summed E-state index contributed by atoms with van der Waals surface area (Å²) in [4.78, 5) is 35.7. The van der Waals surface area contributed by atoms with Crippen molar-refractivity contribution in [1.29, 1.82) is 0 Å². The summed E-state index contributed by atoms with van der Waals surface area (Å²) >= 11 is 0. The predicted octanol–water partition coefficient (Wildman–Crippen LogP) is 3.72. The summed E-state index contributed by atoms with van der Waals surface area (Å²) in [5.41, 5.74) is -0.731. The molecule has 5 rings (SSSR count). The largest absolute Gasteiger partial charge is 0.463 e. The second-order valence-electron chi connectivity index (χ2n) is 12.0. The molecular formula is C27H38O7. The van der Waals surface area contributed by atoms with Crippen LogP contribution in [-0.4, -0.2) is 47.4 Å². The molecule has 0 aromatic carbocycles. The molecule has 7 nitrogen and oxygen atoms in total. The van der Waals surface area contributed by atoms with Crippen LogP contribution in [0.25, 0.3) is 0 Å². The lowest BCUT2D eigenvalue weighted by Crippen LogP contribution is -2.67. The number of ether oxygens (including phenoxy) is 3. The van der Waals surface area contributed by atoms with Crippen molar-refractivity contribution in [3.8, 4) is 0 Å². The van der Waals surface area contributed by atoms with Gasteiger partial charge in [0.15, 0.2) is 0 Å². The smallest absolute Gasteiger partial charge is 0.331 e. The first-order valence-corrected chi connectivity index (χ1v) is 12.9. The maximum atomic E-state index is 12.5. The average molecular weight is 475 g/mol. The van der Waals surface area contributed by atoms with Gasteiger partial charge in [0.1, 0.15) is 18.8 Å². The second kappa shape index (κ2) is 8.07. The monoisotopic (exact) mass is 474 g/mol. The van der Waals surface area contributed by atoms with Crippen LogP contribution in [0.4, 0.5) is 0 Å². The molecule has 0 spiro atoms. The van der Waals surface area contributed by atoms with Gasteiger partial charge in [-0.2, -0.15) is 0 Å². The summed E-state index contributed by atoms with van der Waals surface area (Å²) in [5.74, 6) is -0.190. The number of rotatable bonds is 3. The molecule has 0 aromatic rings. The predicted molar refractivity (Wildman–Crippen MR) is 122 cm³/mol. The van der Waals surface area contributed by atoms with Gasteiger partial charge in [-0.25, -0.2) is 4.79 Å². The van der Waals surface area contributed by atoms with Crippen LogP contribution in [0.5, 0.6) is 0 Å². The first kappa shape index (κ1) is 23.8. The molecule has 7 heteroatoms. The molecule has 0 unspecified atom stereocenters. The summed E-state index contributed by atoms with van der Waals surface area (Å²) in [6, 6.07) is 0. The van der Waals surface area contributed by atoms with Crippen LogP contribution < -0.4 is 0 Å². The molecule has 188 valence electrons. The van der Waals surface area contributed by atoms with E-state index in [1.165, 1.54) is 13.8 Å². The van der Waals surface area contributed by atoms with Crippen molar-refractivity contribution in [2.24, 2.45) is 34.5 Å². The van der Waals surface area contributed by atoms with Gasteiger partial charge < -0.3 is 19.3 Å². The summed E-state index contributed by atoms with van der Waals surface area (Å²) in [6.45, 7) is 7.59. The standard InChI is InChI=1S/C27H38O7/c1-15(28)33-19-7-9-25(3)18(12-19)5-6-21-22(25)13-23(34-16(2)29)26(4)20(8-10-27(21,26)31)17-11-24(30)32-14-17/h11,18-23,31H,5-10,12-14H2,1-4H3/t18-,19+,20-,21-,22+,23-,25+,26+,27+/m0/s1. The lowest BCUT2D eigenvalue weighted by Gasteiger charge is -2.65. The van der Waals surface area contributed by atoms with Gasteiger partial charge in [0.05, 0.1) is 5.60 Å². The molecule has 34 heavy (non-hydrogen) atoms. The van der Waals surface area contributed by atoms with Crippen LogP contribution in [0.3, 0.4) is 0 Å². The Morgan fingerprint density at radius 2 is 1.74 bits per heavy atom. The first-order chi connectivity index (χ1) is 16.0. The van der Waals surface area contributed by atoms with Gasteiger partial charge in [-0.1, -0.05) is 13.8 Å². The van der Waals surface area contributed by atoms with Crippen LogP contribution in [0.1, 0.15) is 79.1 Å². The lowest BCUT2D eigenvalue weighted by atomic mass is 9.42. The van der Waals surface area contributed by atoms with Gasteiger partial charge in [-0.15, -0.1) is 0 Å². The zero-order valence-electron chi connectivity index (χ0n) is 20.8. The molecular weight excluding hydrogens is 436 g/mol. The minimum atomic E-state index is -0.978. The fraction of sp³-hybridized carbons (Fsp3) is 0.815. The fourth-order valence-electron chi connectivity index (χ4n) is 9.04. The van der Waals surface area contributed by atoms with E-state index in [4.69, 9.17) is 14.2 Å². The Morgan fingerprint density at radius 1 is 1.00 bits per heavy atom. The van der Waals surface area contributed by atoms with Crippen molar-refractivity contribution in [1.82, 2.24) is 0 Å². The number of esters is 3. The molecule has 0 bridgehead atoms. The average Bonchev–Trinajstić information content (AvgIpc) is 3.29. The van der Waals surface area contributed by atoms with Gasteiger partial charge >= 0.3 is 17.9 Å². The van der Waals surface area contributed by atoms with Crippen molar-refractivity contribution in [3.05, 3.63) is 11.6 Å². The molecule has 0 amide bonds. The van der Waals surface area contributed by atoms with Crippen molar-refractivity contribution in [3.63, 3.8) is 0 Å². The molecule has 0 radical (unpaired) electrons. The Kier molecular flexibility index (Phi) is 5.66. The van der Waals surface area contributed by atoms with Crippen molar-refractivity contribution in [2.75, 3.05) is 6.61 Å². The Hall–Kier alpha value is -1.89. The van der Waals surface area contributed by atoms with Crippen molar-refractivity contribution in [2.45, 2.75) is 96.9 Å². The van der Waals surface area contributed by atoms with E-state index in [1.807, 2.05) is 0 Å². The van der Waals surface area contributed by atoms with E-state index in [-0.39, 0.29) is 53.8 Å². The Bertz CT molecular complexity index is 926. The molecule has 5 aliphatic rings. The molecule has 1 N–H and O–H groups in total. The molecule has 9 atom stereocenters. The van der Waals surface area contributed by atoms with E-state index in [2.05, 4.69) is 13.8 Å². The summed E-state index contributed by atoms with van der Waals surface area (Å²) in [6.07, 6.45) is 7.77. The summed E-state index contributed by atoms with van der Waals surface area (Å²) in [7, 11) is 0. The number of hydrogen-bond donors (Lipinski definition) is 1.